The molecule has 1 fully saturated rings. The third kappa shape index (κ3) is 6.35. The molecule has 1 amide bonds. The van der Waals surface area contributed by atoms with Gasteiger partial charge in [0.05, 0.1) is 12.6 Å². The number of ether oxygens (including phenoxy) is 1. The molecule has 0 aliphatic carbocycles. The molecule has 0 unspecified atom stereocenters. The number of hydrogen-bond acceptors (Lipinski definition) is 8. The van der Waals surface area contributed by atoms with Gasteiger partial charge in [-0.1, -0.05) is 65.8 Å². The Bertz CT molecular complexity index is 1210. The average Bonchev–Trinajstić information content (AvgIpc) is 3.46. The van der Waals surface area contributed by atoms with Crippen LogP contribution in [0.15, 0.2) is 79.0 Å². The first kappa shape index (κ1) is 24.5. The lowest BCUT2D eigenvalue weighted by molar-refractivity contribution is 0.101. The maximum absolute atomic E-state index is 12.5. The third-order valence-corrected chi connectivity index (χ3v) is 6.45. The van der Waals surface area contributed by atoms with Crippen molar-refractivity contribution in [2.24, 2.45) is 0 Å². The molecule has 2 N–H and O–H groups in total. The van der Waals surface area contributed by atoms with Crippen LogP contribution in [0.25, 0.3) is 0 Å². The lowest BCUT2D eigenvalue weighted by Gasteiger charge is -2.39. The van der Waals surface area contributed by atoms with Crippen LogP contribution in [-0.2, 0) is 0 Å². The lowest BCUT2D eigenvalue weighted by atomic mass is 9.96. The molecule has 1 saturated heterocycles. The summed E-state index contributed by atoms with van der Waals surface area (Å²) in [6.45, 7) is 5.38. The van der Waals surface area contributed by atoms with Crippen molar-refractivity contribution >= 4 is 11.9 Å². The van der Waals surface area contributed by atoms with Crippen molar-refractivity contribution in [2.75, 3.05) is 44.6 Å². The molecule has 5 rings (SSSR count). The number of H-pyrrole nitrogens is 1. The maximum Gasteiger partial charge on any atom is 0.263 e. The van der Waals surface area contributed by atoms with Gasteiger partial charge in [-0.05, 0) is 40.1 Å². The van der Waals surface area contributed by atoms with Crippen molar-refractivity contribution in [2.45, 2.75) is 12.5 Å². The second-order valence-electron chi connectivity index (χ2n) is 8.86. The van der Waals surface area contributed by atoms with Crippen LogP contribution in [0.3, 0.4) is 0 Å². The Kier molecular flexibility index (Phi) is 8.09. The van der Waals surface area contributed by atoms with Gasteiger partial charge >= 0.3 is 0 Å². The zero-order chi connectivity index (χ0) is 25.3. The van der Waals surface area contributed by atoms with Gasteiger partial charge in [0.25, 0.3) is 5.91 Å². The Balaban J connectivity index is 1.11. The molecule has 3 heterocycles. The predicted molar refractivity (Wildman–Crippen MR) is 139 cm³/mol. The number of anilines is 1. The molecule has 0 saturated carbocycles. The fourth-order valence-corrected chi connectivity index (χ4v) is 4.65. The van der Waals surface area contributed by atoms with E-state index in [-0.39, 0.29) is 17.9 Å². The summed E-state index contributed by atoms with van der Waals surface area (Å²) in [7, 11) is 0. The maximum atomic E-state index is 12.5. The van der Waals surface area contributed by atoms with E-state index in [1.807, 2.05) is 0 Å². The van der Waals surface area contributed by atoms with Gasteiger partial charge in [-0.2, -0.15) is 0 Å². The SMILES string of the molecule is O=C(Nc1nnn[nH]1)c1cccnc1OCCCN1CCN(C(c2ccccc2)c2ccccc2)CC1. The van der Waals surface area contributed by atoms with Crippen LogP contribution in [-0.4, -0.2) is 80.6 Å². The van der Waals surface area contributed by atoms with Crippen LogP contribution in [0.1, 0.15) is 33.9 Å². The largest absolute Gasteiger partial charge is 0.477 e. The highest BCUT2D eigenvalue weighted by Crippen LogP contribution is 2.29. The summed E-state index contributed by atoms with van der Waals surface area (Å²) in [6.07, 6.45) is 2.45. The number of aromatic amines is 1. The Morgan fingerprint density at radius 1 is 0.946 bits per heavy atom. The molecule has 2 aromatic heterocycles. The van der Waals surface area contributed by atoms with Crippen LogP contribution >= 0.6 is 0 Å². The van der Waals surface area contributed by atoms with Crippen molar-refractivity contribution in [3.05, 3.63) is 95.7 Å². The van der Waals surface area contributed by atoms with Crippen LogP contribution in [0.2, 0.25) is 0 Å². The predicted octanol–water partition coefficient (Wildman–Crippen LogP) is 3.02. The Morgan fingerprint density at radius 2 is 1.65 bits per heavy atom. The number of amides is 1. The highest BCUT2D eigenvalue weighted by molar-refractivity contribution is 6.04. The smallest absolute Gasteiger partial charge is 0.263 e. The van der Waals surface area contributed by atoms with E-state index in [2.05, 4.69) is 101 Å². The molecule has 0 spiro atoms. The molecular weight excluding hydrogens is 468 g/mol. The summed E-state index contributed by atoms with van der Waals surface area (Å²) >= 11 is 0. The number of carbonyl (C=O) groups is 1. The summed E-state index contributed by atoms with van der Waals surface area (Å²) < 4.78 is 5.87. The number of rotatable bonds is 10. The molecule has 2 aromatic carbocycles. The van der Waals surface area contributed by atoms with Crippen molar-refractivity contribution in [3.63, 3.8) is 0 Å². The molecular formula is C27H30N8O2. The Morgan fingerprint density at radius 3 is 2.30 bits per heavy atom. The number of pyridine rings is 1. The molecule has 0 bridgehead atoms. The van der Waals surface area contributed by atoms with Gasteiger partial charge in [0.15, 0.2) is 0 Å². The highest BCUT2D eigenvalue weighted by Gasteiger charge is 2.26. The molecule has 37 heavy (non-hydrogen) atoms. The van der Waals surface area contributed by atoms with Gasteiger partial charge in [0, 0.05) is 38.9 Å². The molecule has 10 nitrogen and oxygen atoms in total. The summed E-state index contributed by atoms with van der Waals surface area (Å²) in [5.74, 6) is 0.0794. The topological polar surface area (TPSA) is 112 Å². The van der Waals surface area contributed by atoms with E-state index in [9.17, 15) is 4.79 Å². The lowest BCUT2D eigenvalue weighted by Crippen LogP contribution is -2.48. The third-order valence-electron chi connectivity index (χ3n) is 6.45. The average molecular weight is 499 g/mol. The molecule has 1 aliphatic heterocycles. The van der Waals surface area contributed by atoms with Crippen molar-refractivity contribution < 1.29 is 9.53 Å². The summed E-state index contributed by atoms with van der Waals surface area (Å²) in [6, 6.07) is 25.1. The Hall–Kier alpha value is -4.15. The van der Waals surface area contributed by atoms with E-state index in [1.165, 1.54) is 11.1 Å². The summed E-state index contributed by atoms with van der Waals surface area (Å²) in [5, 5.41) is 15.7. The van der Waals surface area contributed by atoms with Crippen molar-refractivity contribution in [3.8, 4) is 5.88 Å². The van der Waals surface area contributed by atoms with Gasteiger partial charge < -0.3 is 9.64 Å². The van der Waals surface area contributed by atoms with E-state index in [1.54, 1.807) is 18.3 Å². The zero-order valence-electron chi connectivity index (χ0n) is 20.5. The second kappa shape index (κ2) is 12.2. The molecule has 190 valence electrons. The number of hydrogen-bond donors (Lipinski definition) is 2. The van der Waals surface area contributed by atoms with E-state index in [0.29, 0.717) is 18.1 Å². The van der Waals surface area contributed by atoms with Crippen LogP contribution in [0, 0.1) is 0 Å². The second-order valence-corrected chi connectivity index (χ2v) is 8.86. The van der Waals surface area contributed by atoms with E-state index < -0.39 is 0 Å². The number of aromatic nitrogens is 5. The normalized spacial score (nSPS) is 14.5. The molecule has 1 aliphatic rings. The van der Waals surface area contributed by atoms with Crippen LogP contribution in [0.4, 0.5) is 5.95 Å². The van der Waals surface area contributed by atoms with Gasteiger partial charge in [-0.3, -0.25) is 15.0 Å². The van der Waals surface area contributed by atoms with Crippen molar-refractivity contribution in [1.82, 2.24) is 35.4 Å². The molecule has 10 heteroatoms. The number of nitrogens with one attached hydrogen (secondary N) is 2. The molecule has 4 aromatic rings. The van der Waals surface area contributed by atoms with Gasteiger partial charge in [0.1, 0.15) is 5.56 Å². The first-order valence-corrected chi connectivity index (χ1v) is 12.5. The summed E-state index contributed by atoms with van der Waals surface area (Å²) in [5.41, 5.74) is 2.98. The number of piperazine rings is 1. The van der Waals surface area contributed by atoms with Crippen molar-refractivity contribution in [1.29, 1.82) is 0 Å². The highest BCUT2D eigenvalue weighted by atomic mass is 16.5. The quantitative estimate of drug-likeness (QED) is 0.321. The van der Waals surface area contributed by atoms with Crippen LogP contribution in [0.5, 0.6) is 5.88 Å². The van der Waals surface area contributed by atoms with Crippen LogP contribution < -0.4 is 10.1 Å². The van der Waals surface area contributed by atoms with E-state index >= 15 is 0 Å². The monoisotopic (exact) mass is 498 g/mol. The molecule has 0 atom stereocenters. The fourth-order valence-electron chi connectivity index (χ4n) is 4.65. The number of carbonyl (C=O) groups excluding carboxylic acids is 1. The first-order chi connectivity index (χ1) is 18.3. The van der Waals surface area contributed by atoms with Gasteiger partial charge in [0.2, 0.25) is 11.8 Å². The van der Waals surface area contributed by atoms with Gasteiger partial charge in [-0.15, -0.1) is 0 Å². The minimum atomic E-state index is -0.385. The fraction of sp³-hybridized carbons (Fsp3) is 0.296. The summed E-state index contributed by atoms with van der Waals surface area (Å²) in [4.78, 5) is 21.8. The Labute approximate surface area is 215 Å². The zero-order valence-corrected chi connectivity index (χ0v) is 20.5. The van der Waals surface area contributed by atoms with E-state index in [0.717, 1.165) is 39.1 Å². The number of nitrogens with zero attached hydrogens (tertiary/aromatic N) is 6. The standard InChI is InChI=1S/C27H30N8O2/c36-25(29-27-30-32-33-31-27)23-13-7-14-28-26(23)37-20-8-15-34-16-18-35(19-17-34)24(21-9-3-1-4-10-21)22-11-5-2-6-12-22/h1-7,9-14,24H,8,15-20H2,(H2,29,30,31,32,33,36). The minimum Gasteiger partial charge on any atom is -0.477 e. The molecule has 0 radical (unpaired) electrons. The number of tetrazole rings is 1. The first-order valence-electron chi connectivity index (χ1n) is 12.5. The van der Waals surface area contributed by atoms with E-state index in [4.69, 9.17) is 4.74 Å². The minimum absolute atomic E-state index is 0.167. The van der Waals surface area contributed by atoms with Gasteiger partial charge in [-0.25, -0.2) is 10.1 Å². The number of benzene rings is 2.